The van der Waals surface area contributed by atoms with Crippen LogP contribution in [0.1, 0.15) is 89.0 Å². The first-order valence-corrected chi connectivity index (χ1v) is 26.4. The lowest BCUT2D eigenvalue weighted by Crippen LogP contribution is -2.02. The van der Waals surface area contributed by atoms with E-state index in [2.05, 4.69) is 6.07 Å². The summed E-state index contributed by atoms with van der Waals surface area (Å²) in [6.07, 6.45) is 0. The molecule has 8 aromatic rings. The lowest BCUT2D eigenvalue weighted by Gasteiger charge is -2.04. The Kier molecular flexibility index (Phi) is 31.0. The van der Waals surface area contributed by atoms with E-state index in [4.69, 9.17) is 58.0 Å². The minimum Gasteiger partial charge on any atom is -0.207 e. The van der Waals surface area contributed by atoms with Gasteiger partial charge in [-0.1, -0.05) is 82.3 Å². The highest BCUT2D eigenvalue weighted by Crippen LogP contribution is 2.27. The summed E-state index contributed by atoms with van der Waals surface area (Å²) in [7, 11) is 0. The summed E-state index contributed by atoms with van der Waals surface area (Å²) >= 11 is 28.7. The third-order valence-corrected chi connectivity index (χ3v) is 13.9. The Bertz CT molecular complexity index is 2940. The first kappa shape index (κ1) is 74.3. The second-order valence-electron chi connectivity index (χ2n) is 18.9. The van der Waals surface area contributed by atoms with Crippen LogP contribution >= 0.6 is 58.0 Å². The number of hydrogen-bond acceptors (Lipinski definition) is 0. The Morgan fingerprint density at radius 2 is 0.476 bits per heavy atom. The third-order valence-electron chi connectivity index (χ3n) is 11.8. The van der Waals surface area contributed by atoms with Gasteiger partial charge in [-0.05, 0) is 238 Å². The smallest absolute Gasteiger partial charge is 0.165 e. The summed E-state index contributed by atoms with van der Waals surface area (Å²) in [6.45, 7) is 25.5. The Labute approximate surface area is 497 Å². The number of halogens is 18. The molecule has 0 atom stereocenters. The minimum atomic E-state index is -1.33. The van der Waals surface area contributed by atoms with Gasteiger partial charge >= 0.3 is 0 Å². The molecule has 0 radical (unpaired) electrons. The van der Waals surface area contributed by atoms with E-state index in [1.54, 1.807) is 39.8 Å². The SMILES string of the molecule is Cc1c(F)c(F)c(C)c(F)c1F.Cc1cc(Cl)c(C)cc1Cl.Cc1cc(Cl)c(C)cc1F.Cc1cc(F)c(C)c(F)c1Cl.Cc1cc(F)c(C)c(F)c1F.Cc1cc(F)c(C)cc1F.Cc1ccc(C)c(Cl)c1.Cc1ccc(C)c(F)c1. The Hall–Kier alpha value is -5.70. The van der Waals surface area contributed by atoms with Crippen molar-refractivity contribution in [2.24, 2.45) is 0 Å². The zero-order chi connectivity index (χ0) is 63.5. The van der Waals surface area contributed by atoms with Gasteiger partial charge in [0.2, 0.25) is 0 Å². The van der Waals surface area contributed by atoms with E-state index < -0.39 is 63.5 Å². The molecule has 0 spiro atoms. The molecule has 18 heteroatoms. The lowest BCUT2D eigenvalue weighted by molar-refractivity contribution is 0.436. The zero-order valence-electron chi connectivity index (χ0n) is 47.9. The van der Waals surface area contributed by atoms with Crippen molar-refractivity contribution < 1.29 is 57.1 Å². The van der Waals surface area contributed by atoms with Gasteiger partial charge in [0.05, 0.1) is 5.02 Å². The van der Waals surface area contributed by atoms with Crippen molar-refractivity contribution in [2.75, 3.05) is 0 Å². The van der Waals surface area contributed by atoms with Crippen LogP contribution in [-0.4, -0.2) is 0 Å². The fourth-order valence-corrected chi connectivity index (χ4v) is 7.18. The molecule has 0 unspecified atom stereocenters. The van der Waals surface area contributed by atoms with Gasteiger partial charge in [-0.3, -0.25) is 0 Å². The van der Waals surface area contributed by atoms with Crippen molar-refractivity contribution >= 4 is 58.0 Å². The van der Waals surface area contributed by atoms with Crippen molar-refractivity contribution in [1.82, 2.24) is 0 Å². The van der Waals surface area contributed by atoms with Gasteiger partial charge in [-0.2, -0.15) is 0 Å². The van der Waals surface area contributed by atoms with Crippen LogP contribution in [0.15, 0.2) is 84.9 Å². The summed E-state index contributed by atoms with van der Waals surface area (Å²) in [5.41, 5.74) is 7.02. The summed E-state index contributed by atoms with van der Waals surface area (Å²) in [6, 6.07) is 22.7. The van der Waals surface area contributed by atoms with Gasteiger partial charge in [0, 0.05) is 42.3 Å². The normalized spacial score (nSPS) is 10.1. The van der Waals surface area contributed by atoms with E-state index in [9.17, 15) is 57.1 Å². The van der Waals surface area contributed by atoms with Crippen LogP contribution in [0.3, 0.4) is 0 Å². The van der Waals surface area contributed by atoms with Crippen molar-refractivity contribution in [3.8, 4) is 0 Å². The molecular weight excluding hydrogens is 1190 g/mol. The van der Waals surface area contributed by atoms with Gasteiger partial charge in [-0.25, -0.2) is 57.1 Å². The summed E-state index contributed by atoms with van der Waals surface area (Å²) < 4.78 is 165. The molecule has 0 fully saturated rings. The van der Waals surface area contributed by atoms with Crippen molar-refractivity contribution in [3.63, 3.8) is 0 Å². The molecule has 0 heterocycles. The van der Waals surface area contributed by atoms with Crippen molar-refractivity contribution in [3.05, 3.63) is 275 Å². The van der Waals surface area contributed by atoms with Gasteiger partial charge < -0.3 is 0 Å². The number of aryl methyl sites for hydroxylation is 12. The topological polar surface area (TPSA) is 0 Å². The predicted octanol–water partition coefficient (Wildman–Crippen LogP) is 23.5. The first-order chi connectivity index (χ1) is 37.8. The average molecular weight is 1260 g/mol. The molecule has 8 aromatic carbocycles. The first-order valence-electron chi connectivity index (χ1n) is 24.5. The average Bonchev–Trinajstić information content (AvgIpc) is 3.46. The lowest BCUT2D eigenvalue weighted by atomic mass is 10.1. The van der Waals surface area contributed by atoms with Gasteiger partial charge in [0.15, 0.2) is 34.9 Å². The Morgan fingerprint density at radius 3 is 0.829 bits per heavy atom. The molecule has 0 aliphatic heterocycles. The molecule has 0 saturated heterocycles. The molecule has 0 bridgehead atoms. The number of hydrogen-bond donors (Lipinski definition) is 0. The number of rotatable bonds is 0. The predicted molar refractivity (Wildman–Crippen MR) is 312 cm³/mol. The standard InChI is InChI=1S/C8H8Cl2.C8H7ClF2.C8H8ClF.C8H9Cl.C8H6F4.C8H7F3.C8H8F2.C8H9F/c1-5-3-8(10)6(2)4-7(5)9;1-4-3-6(10)5(2)8(11)7(4)9;1-5-4-8(10)6(2)3-7(5)9;1-6-3-4-7(2)8(9)5-6;1-3-5(9)7(11)4(2)8(12)6(3)10;1-4-3-6(9)5(2)8(11)7(4)10;1-5-3-8(10)6(2)4-7(5)9;1-6-3-4-7(2)8(9)5-6/h3-4H,1-2H3;3H,1-2H3;3-4H,1-2H3;3-5H,1-2H3;1-2H3;3H,1-2H3;3-4H,1-2H3;3-5H,1-2H3. The van der Waals surface area contributed by atoms with Crippen LogP contribution in [0.2, 0.25) is 25.1 Å². The maximum Gasteiger partial charge on any atom is 0.165 e. The molecule has 8 rings (SSSR count). The quantitative estimate of drug-likeness (QED) is 0.105. The van der Waals surface area contributed by atoms with Crippen LogP contribution in [0.4, 0.5) is 57.1 Å². The molecule has 0 saturated carbocycles. The van der Waals surface area contributed by atoms with E-state index >= 15 is 0 Å². The maximum atomic E-state index is 12.9. The maximum absolute atomic E-state index is 12.9. The second kappa shape index (κ2) is 34.2. The van der Waals surface area contributed by atoms with Crippen molar-refractivity contribution in [2.45, 2.75) is 111 Å². The van der Waals surface area contributed by atoms with Crippen LogP contribution in [0.5, 0.6) is 0 Å². The van der Waals surface area contributed by atoms with Gasteiger partial charge in [-0.15, -0.1) is 0 Å². The summed E-state index contributed by atoms with van der Waals surface area (Å²) in [4.78, 5) is 0. The second-order valence-corrected chi connectivity index (χ2v) is 20.9. The molecule has 82 heavy (non-hydrogen) atoms. The van der Waals surface area contributed by atoms with Crippen molar-refractivity contribution in [1.29, 1.82) is 0 Å². The highest BCUT2D eigenvalue weighted by molar-refractivity contribution is 6.34. The van der Waals surface area contributed by atoms with E-state index in [0.29, 0.717) is 32.8 Å². The van der Waals surface area contributed by atoms with E-state index in [1.807, 2.05) is 65.0 Å². The molecule has 0 nitrogen and oxygen atoms in total. The molecule has 0 N–H and O–H groups in total. The fourth-order valence-electron chi connectivity index (χ4n) is 6.09. The van der Waals surface area contributed by atoms with Crippen LogP contribution in [-0.2, 0) is 0 Å². The van der Waals surface area contributed by atoms with E-state index in [0.717, 1.165) is 62.8 Å². The Balaban J connectivity index is 0.000000469. The molecule has 0 aliphatic carbocycles. The zero-order valence-corrected chi connectivity index (χ0v) is 51.7. The van der Waals surface area contributed by atoms with Gasteiger partial charge in [0.25, 0.3) is 0 Å². The van der Waals surface area contributed by atoms with E-state index in [1.165, 1.54) is 70.5 Å². The summed E-state index contributed by atoms with van der Waals surface area (Å²) in [5, 5.41) is 3.04. The fraction of sp³-hybridized carbons (Fsp3) is 0.250. The monoisotopic (exact) mass is 1250 g/mol. The summed E-state index contributed by atoms with van der Waals surface area (Å²) in [5.74, 6) is -10.3. The van der Waals surface area contributed by atoms with Crippen LogP contribution in [0.25, 0.3) is 0 Å². The van der Waals surface area contributed by atoms with Crippen LogP contribution in [0, 0.1) is 186 Å². The largest absolute Gasteiger partial charge is 0.207 e. The molecule has 0 aliphatic rings. The minimum absolute atomic E-state index is 0.00361. The number of benzene rings is 8. The Morgan fingerprint density at radius 1 is 0.207 bits per heavy atom. The molecule has 0 amide bonds. The molecule has 0 aromatic heterocycles. The van der Waals surface area contributed by atoms with Crippen LogP contribution < -0.4 is 0 Å². The highest BCUT2D eigenvalue weighted by Gasteiger charge is 2.20. The van der Waals surface area contributed by atoms with E-state index in [-0.39, 0.29) is 45.0 Å². The van der Waals surface area contributed by atoms with Gasteiger partial charge in [0.1, 0.15) is 40.7 Å². The molecule has 444 valence electrons. The highest BCUT2D eigenvalue weighted by atomic mass is 35.5. The third kappa shape index (κ3) is 22.8. The molecular formula is C64H62Cl5F13.